The topological polar surface area (TPSA) is 55.1 Å². The molecule has 0 aliphatic rings. The normalized spacial score (nSPS) is 10.3. The molecule has 0 unspecified atom stereocenters. The van der Waals surface area contributed by atoms with E-state index in [1.165, 1.54) is 5.56 Å². The number of anilines is 2. The number of carbonyl (C=O) groups excluding carboxylic acids is 1. The quantitative estimate of drug-likeness (QED) is 0.806. The molecule has 0 aliphatic carbocycles. The molecule has 0 radical (unpaired) electrons. The first kappa shape index (κ1) is 13.1. The van der Waals surface area contributed by atoms with E-state index in [0.29, 0.717) is 11.3 Å². The zero-order valence-electron chi connectivity index (χ0n) is 11.4. The van der Waals surface area contributed by atoms with E-state index in [2.05, 4.69) is 5.32 Å². The average Bonchev–Trinajstić information content (AvgIpc) is 2.32. The van der Waals surface area contributed by atoms with Crippen LogP contribution in [0.2, 0.25) is 0 Å². The minimum atomic E-state index is -0.107. The molecule has 0 aromatic heterocycles. The van der Waals surface area contributed by atoms with E-state index >= 15 is 0 Å². The van der Waals surface area contributed by atoms with Gasteiger partial charge in [-0.05, 0) is 56.2 Å². The number of hydrogen-bond acceptors (Lipinski definition) is 2. The monoisotopic (exact) mass is 254 g/mol. The summed E-state index contributed by atoms with van der Waals surface area (Å²) in [7, 11) is 0. The maximum absolute atomic E-state index is 12.2. The third-order valence-corrected chi connectivity index (χ3v) is 3.13. The van der Waals surface area contributed by atoms with Crippen LogP contribution in [0.1, 0.15) is 27.0 Å². The Labute approximate surface area is 113 Å². The summed E-state index contributed by atoms with van der Waals surface area (Å²) in [6.45, 7) is 5.90. The van der Waals surface area contributed by atoms with Gasteiger partial charge in [-0.25, -0.2) is 0 Å². The van der Waals surface area contributed by atoms with Crippen LogP contribution in [0.25, 0.3) is 0 Å². The molecular formula is C16H18N2O. The first-order valence-electron chi connectivity index (χ1n) is 6.22. The van der Waals surface area contributed by atoms with Crippen molar-refractivity contribution in [2.45, 2.75) is 20.8 Å². The maximum Gasteiger partial charge on any atom is 0.255 e. The maximum atomic E-state index is 12.2. The lowest BCUT2D eigenvalue weighted by Crippen LogP contribution is -2.14. The standard InChI is InChI=1S/C16H18N2O/c1-10-4-7-15(12(3)8-10)18-16(19)14-6-5-13(17)9-11(14)2/h4-9H,17H2,1-3H3,(H,18,19). The minimum Gasteiger partial charge on any atom is -0.399 e. The number of amides is 1. The van der Waals surface area contributed by atoms with Crippen molar-refractivity contribution in [2.24, 2.45) is 0 Å². The van der Waals surface area contributed by atoms with Crippen LogP contribution in [0, 0.1) is 20.8 Å². The van der Waals surface area contributed by atoms with Crippen LogP contribution in [-0.2, 0) is 0 Å². The summed E-state index contributed by atoms with van der Waals surface area (Å²) in [5.74, 6) is -0.107. The molecule has 0 spiro atoms. The lowest BCUT2D eigenvalue weighted by atomic mass is 10.1. The minimum absolute atomic E-state index is 0.107. The van der Waals surface area contributed by atoms with Gasteiger partial charge in [-0.1, -0.05) is 17.7 Å². The number of rotatable bonds is 2. The molecule has 0 saturated heterocycles. The molecule has 98 valence electrons. The van der Waals surface area contributed by atoms with E-state index in [0.717, 1.165) is 16.8 Å². The Morgan fingerprint density at radius 2 is 1.74 bits per heavy atom. The highest BCUT2D eigenvalue weighted by Gasteiger charge is 2.10. The van der Waals surface area contributed by atoms with Gasteiger partial charge in [0.25, 0.3) is 5.91 Å². The highest BCUT2D eigenvalue weighted by Crippen LogP contribution is 2.19. The van der Waals surface area contributed by atoms with Gasteiger partial charge in [0.2, 0.25) is 0 Å². The fraction of sp³-hybridized carbons (Fsp3) is 0.188. The molecule has 0 fully saturated rings. The van der Waals surface area contributed by atoms with Crippen LogP contribution in [-0.4, -0.2) is 5.91 Å². The summed E-state index contributed by atoms with van der Waals surface area (Å²) < 4.78 is 0. The average molecular weight is 254 g/mol. The van der Waals surface area contributed by atoms with Crippen molar-refractivity contribution in [1.82, 2.24) is 0 Å². The molecule has 0 bridgehead atoms. The van der Waals surface area contributed by atoms with E-state index < -0.39 is 0 Å². The van der Waals surface area contributed by atoms with Gasteiger partial charge in [0, 0.05) is 16.9 Å². The van der Waals surface area contributed by atoms with Crippen LogP contribution >= 0.6 is 0 Å². The van der Waals surface area contributed by atoms with E-state index in [4.69, 9.17) is 5.73 Å². The molecule has 2 aromatic carbocycles. The Balaban J connectivity index is 2.25. The lowest BCUT2D eigenvalue weighted by Gasteiger charge is -2.11. The van der Waals surface area contributed by atoms with Crippen LogP contribution in [0.5, 0.6) is 0 Å². The molecule has 2 aromatic rings. The summed E-state index contributed by atoms with van der Waals surface area (Å²) in [6, 6.07) is 11.3. The van der Waals surface area contributed by atoms with Gasteiger partial charge in [0.1, 0.15) is 0 Å². The van der Waals surface area contributed by atoms with Gasteiger partial charge in [-0.2, -0.15) is 0 Å². The van der Waals surface area contributed by atoms with Gasteiger partial charge in [0.05, 0.1) is 0 Å². The molecule has 0 heterocycles. The molecule has 3 N–H and O–H groups in total. The number of benzene rings is 2. The summed E-state index contributed by atoms with van der Waals surface area (Å²) in [6.07, 6.45) is 0. The summed E-state index contributed by atoms with van der Waals surface area (Å²) in [5.41, 5.74) is 11.0. The fourth-order valence-electron chi connectivity index (χ4n) is 2.09. The van der Waals surface area contributed by atoms with Gasteiger partial charge < -0.3 is 11.1 Å². The Hall–Kier alpha value is -2.29. The van der Waals surface area contributed by atoms with Crippen molar-refractivity contribution < 1.29 is 4.79 Å². The SMILES string of the molecule is Cc1ccc(NC(=O)c2ccc(N)cc2C)c(C)c1. The Morgan fingerprint density at radius 3 is 2.37 bits per heavy atom. The van der Waals surface area contributed by atoms with Crippen molar-refractivity contribution in [1.29, 1.82) is 0 Å². The van der Waals surface area contributed by atoms with E-state index in [9.17, 15) is 4.79 Å². The molecule has 3 heteroatoms. The molecule has 0 atom stereocenters. The molecule has 0 aliphatic heterocycles. The predicted molar refractivity (Wildman–Crippen MR) is 79.5 cm³/mol. The fourth-order valence-corrected chi connectivity index (χ4v) is 2.09. The zero-order chi connectivity index (χ0) is 14.0. The molecule has 1 amide bonds. The molecule has 19 heavy (non-hydrogen) atoms. The summed E-state index contributed by atoms with van der Waals surface area (Å²) >= 11 is 0. The first-order valence-corrected chi connectivity index (χ1v) is 6.22. The number of hydrogen-bond donors (Lipinski definition) is 2. The predicted octanol–water partition coefficient (Wildman–Crippen LogP) is 3.45. The Morgan fingerprint density at radius 1 is 1.00 bits per heavy atom. The Kier molecular flexibility index (Phi) is 3.56. The third kappa shape index (κ3) is 2.94. The number of nitrogens with two attached hydrogens (primary N) is 1. The van der Waals surface area contributed by atoms with Crippen molar-refractivity contribution in [3.8, 4) is 0 Å². The summed E-state index contributed by atoms with van der Waals surface area (Å²) in [4.78, 5) is 12.2. The third-order valence-electron chi connectivity index (χ3n) is 3.13. The van der Waals surface area contributed by atoms with Gasteiger partial charge >= 0.3 is 0 Å². The summed E-state index contributed by atoms with van der Waals surface area (Å²) in [5, 5.41) is 2.93. The first-order chi connectivity index (χ1) is 8.97. The number of nitrogens with one attached hydrogen (secondary N) is 1. The van der Waals surface area contributed by atoms with Crippen molar-refractivity contribution >= 4 is 17.3 Å². The number of aryl methyl sites for hydroxylation is 3. The van der Waals surface area contributed by atoms with Gasteiger partial charge in [-0.15, -0.1) is 0 Å². The van der Waals surface area contributed by atoms with Crippen LogP contribution in [0.15, 0.2) is 36.4 Å². The molecular weight excluding hydrogens is 236 g/mol. The van der Waals surface area contributed by atoms with E-state index in [1.807, 2.05) is 39.0 Å². The largest absolute Gasteiger partial charge is 0.399 e. The molecule has 0 saturated carbocycles. The highest BCUT2D eigenvalue weighted by atomic mass is 16.1. The second-order valence-electron chi connectivity index (χ2n) is 4.85. The Bertz CT molecular complexity index is 633. The van der Waals surface area contributed by atoms with Crippen molar-refractivity contribution in [3.63, 3.8) is 0 Å². The van der Waals surface area contributed by atoms with E-state index in [-0.39, 0.29) is 5.91 Å². The van der Waals surface area contributed by atoms with Crippen molar-refractivity contribution in [2.75, 3.05) is 11.1 Å². The van der Waals surface area contributed by atoms with Gasteiger partial charge in [-0.3, -0.25) is 4.79 Å². The molecule has 3 nitrogen and oxygen atoms in total. The van der Waals surface area contributed by atoms with Crippen LogP contribution in [0.4, 0.5) is 11.4 Å². The van der Waals surface area contributed by atoms with E-state index in [1.54, 1.807) is 18.2 Å². The second kappa shape index (κ2) is 5.14. The number of carbonyl (C=O) groups is 1. The second-order valence-corrected chi connectivity index (χ2v) is 4.85. The van der Waals surface area contributed by atoms with Crippen LogP contribution in [0.3, 0.4) is 0 Å². The zero-order valence-corrected chi connectivity index (χ0v) is 11.4. The van der Waals surface area contributed by atoms with Gasteiger partial charge in [0.15, 0.2) is 0 Å². The molecule has 2 rings (SSSR count). The van der Waals surface area contributed by atoms with Crippen LogP contribution < -0.4 is 11.1 Å². The highest BCUT2D eigenvalue weighted by molar-refractivity contribution is 6.05. The van der Waals surface area contributed by atoms with Crippen molar-refractivity contribution in [3.05, 3.63) is 58.7 Å². The lowest BCUT2D eigenvalue weighted by molar-refractivity contribution is 0.102. The smallest absolute Gasteiger partial charge is 0.255 e. The number of nitrogen functional groups attached to an aromatic ring is 1.